The number of nitrogens with zero attached hydrogens (tertiary/aromatic N) is 1. The van der Waals surface area contributed by atoms with Crippen molar-refractivity contribution < 1.29 is 29.3 Å². The fourth-order valence-electron chi connectivity index (χ4n) is 3.91. The third-order valence-corrected chi connectivity index (χ3v) is 5.66. The van der Waals surface area contributed by atoms with Gasteiger partial charge in [0.2, 0.25) is 0 Å². The van der Waals surface area contributed by atoms with Crippen molar-refractivity contribution in [2.45, 2.75) is 12.6 Å². The molecule has 1 fully saturated rings. The predicted octanol–water partition coefficient (Wildman–Crippen LogP) is 4.04. The second kappa shape index (κ2) is 10.2. The highest BCUT2D eigenvalue weighted by molar-refractivity contribution is 6.46. The minimum absolute atomic E-state index is 0.00949. The molecule has 2 N–H and O–H groups in total. The third kappa shape index (κ3) is 4.79. The van der Waals surface area contributed by atoms with Crippen molar-refractivity contribution in [2.75, 3.05) is 20.3 Å². The number of carbonyl (C=O) groups excluding carboxylic acids is 2. The van der Waals surface area contributed by atoms with E-state index in [1.54, 1.807) is 36.4 Å². The van der Waals surface area contributed by atoms with E-state index in [2.05, 4.69) is 0 Å². The zero-order chi connectivity index (χ0) is 24.1. The topological polar surface area (TPSA) is 96.3 Å². The monoisotopic (exact) mass is 459 g/mol. The number of hydrogen-bond donors (Lipinski definition) is 2. The quantitative estimate of drug-likeness (QED) is 0.300. The number of methoxy groups -OCH3 is 1. The Morgan fingerprint density at radius 2 is 1.62 bits per heavy atom. The first kappa shape index (κ1) is 23.1. The number of benzene rings is 3. The van der Waals surface area contributed by atoms with Crippen LogP contribution in [0.2, 0.25) is 0 Å². The molecule has 4 rings (SSSR count). The van der Waals surface area contributed by atoms with Gasteiger partial charge in [-0.2, -0.15) is 0 Å². The van der Waals surface area contributed by atoms with Crippen molar-refractivity contribution in [2.24, 2.45) is 0 Å². The van der Waals surface area contributed by atoms with Gasteiger partial charge in [-0.05, 0) is 47.5 Å². The SMILES string of the molecule is COCCN1C(=O)C(=O)C(=C(O)c2ccc(OCc3ccccc3)cc2)[C@@H]1c1ccc(O)cc1. The van der Waals surface area contributed by atoms with Crippen LogP contribution in [0, 0.1) is 0 Å². The van der Waals surface area contributed by atoms with Gasteiger partial charge in [0.05, 0.1) is 18.2 Å². The van der Waals surface area contributed by atoms with E-state index in [9.17, 15) is 19.8 Å². The molecule has 0 aromatic heterocycles. The standard InChI is InChI=1S/C27H25NO6/c1-33-16-15-28-24(19-7-11-21(29)12-8-19)23(26(31)27(28)32)25(30)20-9-13-22(14-10-20)34-17-18-5-3-2-4-6-18/h2-14,24,29-30H,15-17H2,1H3/t24-/m0/s1. The predicted molar refractivity (Wildman–Crippen MR) is 126 cm³/mol. The lowest BCUT2D eigenvalue weighted by Crippen LogP contribution is -2.32. The fraction of sp³-hybridized carbons (Fsp3) is 0.185. The Morgan fingerprint density at radius 3 is 2.26 bits per heavy atom. The normalized spacial score (nSPS) is 17.2. The van der Waals surface area contributed by atoms with Gasteiger partial charge in [-0.3, -0.25) is 9.59 Å². The summed E-state index contributed by atoms with van der Waals surface area (Å²) in [6.45, 7) is 0.808. The summed E-state index contributed by atoms with van der Waals surface area (Å²) < 4.78 is 10.9. The molecule has 0 aliphatic carbocycles. The molecule has 1 amide bonds. The van der Waals surface area contributed by atoms with Gasteiger partial charge in [0.25, 0.3) is 11.7 Å². The number of likely N-dealkylation sites (tertiary alicyclic amines) is 1. The highest BCUT2D eigenvalue weighted by atomic mass is 16.5. The third-order valence-electron chi connectivity index (χ3n) is 5.66. The lowest BCUT2D eigenvalue weighted by atomic mass is 9.95. The number of ketones is 1. The molecule has 3 aromatic carbocycles. The van der Waals surface area contributed by atoms with Crippen molar-refractivity contribution in [3.05, 3.63) is 101 Å². The maximum atomic E-state index is 12.9. The second-order valence-corrected chi connectivity index (χ2v) is 7.88. The van der Waals surface area contributed by atoms with E-state index in [1.165, 1.54) is 24.1 Å². The summed E-state index contributed by atoms with van der Waals surface area (Å²) in [4.78, 5) is 27.1. The van der Waals surface area contributed by atoms with Gasteiger partial charge < -0.3 is 24.6 Å². The van der Waals surface area contributed by atoms with Crippen LogP contribution < -0.4 is 4.74 Å². The number of aliphatic hydroxyl groups excluding tert-OH is 1. The number of phenols is 1. The van der Waals surface area contributed by atoms with Gasteiger partial charge in [-0.25, -0.2) is 0 Å². The molecule has 34 heavy (non-hydrogen) atoms. The summed E-state index contributed by atoms with van der Waals surface area (Å²) in [6.07, 6.45) is 0. The van der Waals surface area contributed by atoms with Crippen molar-refractivity contribution in [3.63, 3.8) is 0 Å². The van der Waals surface area contributed by atoms with E-state index < -0.39 is 17.7 Å². The molecule has 3 aromatic rings. The first-order chi connectivity index (χ1) is 16.5. The van der Waals surface area contributed by atoms with Gasteiger partial charge >= 0.3 is 0 Å². The summed E-state index contributed by atoms with van der Waals surface area (Å²) >= 11 is 0. The van der Waals surface area contributed by atoms with Crippen LogP contribution in [0.1, 0.15) is 22.7 Å². The summed E-state index contributed by atoms with van der Waals surface area (Å²) in [5.74, 6) is -1.08. The molecule has 0 unspecified atom stereocenters. The van der Waals surface area contributed by atoms with E-state index in [4.69, 9.17) is 9.47 Å². The van der Waals surface area contributed by atoms with Gasteiger partial charge in [-0.1, -0.05) is 42.5 Å². The van der Waals surface area contributed by atoms with Crippen LogP contribution in [0.15, 0.2) is 84.4 Å². The molecular weight excluding hydrogens is 434 g/mol. The maximum Gasteiger partial charge on any atom is 0.295 e. The molecule has 1 saturated heterocycles. The smallest absolute Gasteiger partial charge is 0.295 e. The maximum absolute atomic E-state index is 12.9. The van der Waals surface area contributed by atoms with Crippen molar-refractivity contribution in [3.8, 4) is 11.5 Å². The Kier molecular flexibility index (Phi) is 6.94. The second-order valence-electron chi connectivity index (χ2n) is 7.88. The lowest BCUT2D eigenvalue weighted by Gasteiger charge is -2.25. The highest BCUT2D eigenvalue weighted by Crippen LogP contribution is 2.39. The zero-order valence-corrected chi connectivity index (χ0v) is 18.7. The Labute approximate surface area is 197 Å². The highest BCUT2D eigenvalue weighted by Gasteiger charge is 2.45. The number of amides is 1. The molecule has 7 heteroatoms. The average molecular weight is 459 g/mol. The molecule has 0 radical (unpaired) electrons. The Balaban J connectivity index is 1.65. The van der Waals surface area contributed by atoms with Crippen molar-refractivity contribution in [1.29, 1.82) is 0 Å². The summed E-state index contributed by atoms with van der Waals surface area (Å²) in [7, 11) is 1.51. The van der Waals surface area contributed by atoms with Crippen molar-refractivity contribution >= 4 is 17.4 Å². The van der Waals surface area contributed by atoms with E-state index in [1.807, 2.05) is 30.3 Å². The zero-order valence-electron chi connectivity index (χ0n) is 18.7. The van der Waals surface area contributed by atoms with Crippen LogP contribution >= 0.6 is 0 Å². The number of hydrogen-bond acceptors (Lipinski definition) is 6. The Hall–Kier alpha value is -4.10. The molecule has 0 bridgehead atoms. The Morgan fingerprint density at radius 1 is 0.941 bits per heavy atom. The first-order valence-corrected chi connectivity index (χ1v) is 10.8. The van der Waals surface area contributed by atoms with Gasteiger partial charge in [0, 0.05) is 19.2 Å². The molecular formula is C27H25NO6. The van der Waals surface area contributed by atoms with Crippen LogP contribution in [-0.2, 0) is 20.9 Å². The molecule has 174 valence electrons. The number of rotatable bonds is 8. The number of phenolic OH excluding ortho intramolecular Hbond substituents is 1. The van der Waals surface area contributed by atoms with Crippen LogP contribution in [0.5, 0.6) is 11.5 Å². The van der Waals surface area contributed by atoms with E-state index >= 15 is 0 Å². The molecule has 1 aliphatic rings. The molecule has 0 saturated carbocycles. The average Bonchev–Trinajstić information content (AvgIpc) is 3.12. The van der Waals surface area contributed by atoms with Crippen LogP contribution in [0.3, 0.4) is 0 Å². The molecule has 7 nitrogen and oxygen atoms in total. The lowest BCUT2D eigenvalue weighted by molar-refractivity contribution is -0.140. The van der Waals surface area contributed by atoms with E-state index in [0.29, 0.717) is 23.5 Å². The molecule has 1 aliphatic heterocycles. The summed E-state index contributed by atoms with van der Waals surface area (Å²) in [6, 6.07) is 21.8. The van der Waals surface area contributed by atoms with E-state index in [0.717, 1.165) is 5.56 Å². The summed E-state index contributed by atoms with van der Waals surface area (Å²) in [5, 5.41) is 20.8. The summed E-state index contributed by atoms with van der Waals surface area (Å²) in [5.41, 5.74) is 2.00. The van der Waals surface area contributed by atoms with Gasteiger partial charge in [0.15, 0.2) is 0 Å². The molecule has 0 spiro atoms. The molecule has 1 heterocycles. The van der Waals surface area contributed by atoms with Crippen molar-refractivity contribution in [1.82, 2.24) is 4.90 Å². The Bertz CT molecular complexity index is 1190. The molecule has 1 atom stereocenters. The number of ether oxygens (including phenoxy) is 2. The van der Waals surface area contributed by atoms with Gasteiger partial charge in [0.1, 0.15) is 23.9 Å². The van der Waals surface area contributed by atoms with Crippen LogP contribution in [-0.4, -0.2) is 47.1 Å². The van der Waals surface area contributed by atoms with Crippen LogP contribution in [0.25, 0.3) is 5.76 Å². The minimum atomic E-state index is -0.801. The largest absolute Gasteiger partial charge is 0.508 e. The minimum Gasteiger partial charge on any atom is -0.508 e. The van der Waals surface area contributed by atoms with E-state index in [-0.39, 0.29) is 30.2 Å². The number of Topliss-reactive ketones (excluding diaryl/α,β-unsaturated/α-hetero) is 1. The first-order valence-electron chi connectivity index (χ1n) is 10.8. The number of aliphatic hydroxyl groups is 1. The van der Waals surface area contributed by atoms with Gasteiger partial charge in [-0.15, -0.1) is 0 Å². The number of aromatic hydroxyl groups is 1. The fourth-order valence-corrected chi connectivity index (χ4v) is 3.91. The number of carbonyl (C=O) groups is 2. The van der Waals surface area contributed by atoms with Crippen LogP contribution in [0.4, 0.5) is 0 Å².